The Hall–Kier alpha value is -1.16. The molecule has 0 aromatic carbocycles. The largest absolute Gasteiger partial charge is 0.351 e. The Bertz CT molecular complexity index is 531. The number of nitrogens with one attached hydrogen (secondary N) is 1. The fourth-order valence-electron chi connectivity index (χ4n) is 4.98. The summed E-state index contributed by atoms with van der Waals surface area (Å²) in [6.07, 6.45) is 30.8. The van der Waals surface area contributed by atoms with E-state index in [2.05, 4.69) is 37.5 Å². The van der Waals surface area contributed by atoms with Crippen molar-refractivity contribution >= 4 is 12.1 Å². The first kappa shape index (κ1) is 29.9. The number of rotatable bonds is 22. The predicted molar refractivity (Wildman–Crippen MR) is 145 cm³/mol. The number of likely N-dealkylation sites (N-methyl/N-ethyl adjacent to an activating group) is 1. The van der Waals surface area contributed by atoms with Crippen LogP contribution in [0.2, 0.25) is 0 Å². The SMILES string of the molecule is CCCCCCCCCCCCCCCCCC/C=C/C1N=CC[N+]1(CC)CCNC(C)=O. The number of aliphatic imine (C=N–C) groups is 1. The second kappa shape index (κ2) is 20.2. The van der Waals surface area contributed by atoms with Crippen molar-refractivity contribution in [3.05, 3.63) is 12.2 Å². The lowest BCUT2D eigenvalue weighted by Gasteiger charge is -2.36. The number of carbonyl (C=O) groups excluding carboxylic acids is 1. The Balaban J connectivity index is 1.95. The third-order valence-electron chi connectivity index (χ3n) is 7.36. The van der Waals surface area contributed by atoms with Crippen LogP contribution in [0.4, 0.5) is 0 Å². The van der Waals surface area contributed by atoms with Crippen LogP contribution in [0.1, 0.15) is 130 Å². The molecule has 0 radical (unpaired) electrons. The molecule has 0 saturated heterocycles. The lowest BCUT2D eigenvalue weighted by atomic mass is 10.0. The summed E-state index contributed by atoms with van der Waals surface area (Å²) >= 11 is 0. The molecule has 1 rings (SSSR count). The minimum Gasteiger partial charge on any atom is -0.351 e. The highest BCUT2D eigenvalue weighted by atomic mass is 16.1. The van der Waals surface area contributed by atoms with Crippen LogP contribution in [0, 0.1) is 0 Å². The van der Waals surface area contributed by atoms with Gasteiger partial charge in [-0.3, -0.25) is 9.28 Å². The van der Waals surface area contributed by atoms with Gasteiger partial charge in [0.1, 0.15) is 6.54 Å². The van der Waals surface area contributed by atoms with Crippen molar-refractivity contribution in [2.45, 2.75) is 136 Å². The van der Waals surface area contributed by atoms with E-state index >= 15 is 0 Å². The first-order valence-corrected chi connectivity index (χ1v) is 14.4. The van der Waals surface area contributed by atoms with Gasteiger partial charge in [0.05, 0.1) is 25.8 Å². The van der Waals surface area contributed by atoms with Crippen molar-refractivity contribution in [1.82, 2.24) is 5.32 Å². The Morgan fingerprint density at radius 1 is 0.879 bits per heavy atom. The third kappa shape index (κ3) is 14.7. The van der Waals surface area contributed by atoms with E-state index in [-0.39, 0.29) is 12.1 Å². The first-order chi connectivity index (χ1) is 16.1. The molecule has 1 N–H and O–H groups in total. The van der Waals surface area contributed by atoms with E-state index in [1.54, 1.807) is 6.92 Å². The molecule has 0 aromatic rings. The fourth-order valence-corrected chi connectivity index (χ4v) is 4.98. The summed E-state index contributed by atoms with van der Waals surface area (Å²) < 4.78 is 0.940. The second-order valence-electron chi connectivity index (χ2n) is 10.2. The minimum atomic E-state index is 0.0555. The minimum absolute atomic E-state index is 0.0555. The molecule has 2 atom stereocenters. The zero-order chi connectivity index (χ0) is 24.0. The van der Waals surface area contributed by atoms with E-state index in [1.165, 1.54) is 109 Å². The average molecular weight is 463 g/mol. The maximum absolute atomic E-state index is 11.2. The van der Waals surface area contributed by atoms with Gasteiger partial charge in [-0.15, -0.1) is 0 Å². The number of nitrogens with zero attached hydrogens (tertiary/aromatic N) is 2. The summed E-state index contributed by atoms with van der Waals surface area (Å²) in [5.41, 5.74) is 0. The Morgan fingerprint density at radius 3 is 1.88 bits per heavy atom. The molecular weight excluding hydrogens is 406 g/mol. The van der Waals surface area contributed by atoms with Crippen molar-refractivity contribution in [2.75, 3.05) is 26.2 Å². The molecule has 4 heteroatoms. The highest BCUT2D eigenvalue weighted by Gasteiger charge is 2.35. The molecule has 1 aliphatic heterocycles. The molecule has 0 aromatic heterocycles. The van der Waals surface area contributed by atoms with Gasteiger partial charge >= 0.3 is 0 Å². The van der Waals surface area contributed by atoms with E-state index in [0.29, 0.717) is 0 Å². The van der Waals surface area contributed by atoms with Gasteiger partial charge in [-0.2, -0.15) is 0 Å². The van der Waals surface area contributed by atoms with Gasteiger partial charge in [-0.1, -0.05) is 109 Å². The molecule has 2 unspecified atom stereocenters. The molecule has 192 valence electrons. The van der Waals surface area contributed by atoms with Crippen LogP contribution in [-0.2, 0) is 4.79 Å². The Kier molecular flexibility index (Phi) is 18.3. The Labute approximate surface area is 206 Å². The van der Waals surface area contributed by atoms with Gasteiger partial charge in [-0.25, -0.2) is 4.99 Å². The average Bonchev–Trinajstić information content (AvgIpc) is 3.21. The van der Waals surface area contributed by atoms with E-state index in [1.807, 2.05) is 0 Å². The lowest BCUT2D eigenvalue weighted by molar-refractivity contribution is -0.928. The maximum atomic E-state index is 11.2. The van der Waals surface area contributed by atoms with Crippen molar-refractivity contribution < 1.29 is 9.28 Å². The lowest BCUT2D eigenvalue weighted by Crippen LogP contribution is -2.54. The van der Waals surface area contributed by atoms with Gasteiger partial charge in [-0.05, 0) is 25.8 Å². The van der Waals surface area contributed by atoms with Crippen LogP contribution in [0.15, 0.2) is 17.1 Å². The Morgan fingerprint density at radius 2 is 1.39 bits per heavy atom. The van der Waals surface area contributed by atoms with Crippen LogP contribution >= 0.6 is 0 Å². The van der Waals surface area contributed by atoms with Gasteiger partial charge in [0.2, 0.25) is 12.1 Å². The molecule has 1 heterocycles. The number of carbonyl (C=O) groups is 1. The van der Waals surface area contributed by atoms with Gasteiger partial charge in [0.15, 0.2) is 0 Å². The second-order valence-corrected chi connectivity index (χ2v) is 10.2. The van der Waals surface area contributed by atoms with Crippen LogP contribution in [-0.4, -0.2) is 48.9 Å². The summed E-state index contributed by atoms with van der Waals surface area (Å²) in [4.78, 5) is 15.9. The van der Waals surface area contributed by atoms with Gasteiger partial charge in [0, 0.05) is 6.92 Å². The number of quaternary nitrogens is 1. The monoisotopic (exact) mass is 462 g/mol. The molecule has 0 fully saturated rings. The molecule has 1 aliphatic rings. The predicted octanol–water partition coefficient (Wildman–Crippen LogP) is 7.58. The third-order valence-corrected chi connectivity index (χ3v) is 7.36. The van der Waals surface area contributed by atoms with Gasteiger partial charge < -0.3 is 5.32 Å². The zero-order valence-electron chi connectivity index (χ0n) is 22.5. The standard InChI is InChI=1S/C29H55N3O/c1-4-6-7-8-9-10-11-12-13-14-15-16-17-18-19-20-21-22-23-29-31-25-27-32(29,5-2)26-24-30-28(3)33/h22-23,25,29H,4-21,24,26-27H2,1-3H3/p+1/b23-22+. The zero-order valence-corrected chi connectivity index (χ0v) is 22.5. The molecule has 0 aliphatic carbocycles. The highest BCUT2D eigenvalue weighted by molar-refractivity contribution is 5.72. The summed E-state index contributed by atoms with van der Waals surface area (Å²) in [6.45, 7) is 9.82. The van der Waals surface area contributed by atoms with Crippen LogP contribution < -0.4 is 5.32 Å². The van der Waals surface area contributed by atoms with E-state index in [4.69, 9.17) is 4.99 Å². The number of unbranched alkanes of at least 4 members (excludes halogenated alkanes) is 16. The highest BCUT2D eigenvalue weighted by Crippen LogP contribution is 2.20. The number of hydrogen-bond acceptors (Lipinski definition) is 2. The number of amides is 1. The fraction of sp³-hybridized carbons (Fsp3) is 0.862. The van der Waals surface area contributed by atoms with Crippen LogP contribution in [0.3, 0.4) is 0 Å². The molecule has 4 nitrogen and oxygen atoms in total. The number of allylic oxidation sites excluding steroid dienone is 1. The molecule has 33 heavy (non-hydrogen) atoms. The summed E-state index contributed by atoms with van der Waals surface area (Å²) in [5, 5.41) is 2.95. The molecule has 1 amide bonds. The van der Waals surface area contributed by atoms with E-state index < -0.39 is 0 Å². The van der Waals surface area contributed by atoms with Crippen LogP contribution in [0.25, 0.3) is 0 Å². The summed E-state index contributed by atoms with van der Waals surface area (Å²) in [7, 11) is 0. The molecular formula is C29H56N3O+. The van der Waals surface area contributed by atoms with E-state index in [9.17, 15) is 4.79 Å². The van der Waals surface area contributed by atoms with E-state index in [0.717, 1.165) is 30.7 Å². The summed E-state index contributed by atoms with van der Waals surface area (Å²) in [5.74, 6) is 0.0555. The van der Waals surface area contributed by atoms with Crippen molar-refractivity contribution in [3.8, 4) is 0 Å². The van der Waals surface area contributed by atoms with Gasteiger partial charge in [0.25, 0.3) is 0 Å². The van der Waals surface area contributed by atoms with Crippen molar-refractivity contribution in [3.63, 3.8) is 0 Å². The van der Waals surface area contributed by atoms with Crippen molar-refractivity contribution in [2.24, 2.45) is 4.99 Å². The molecule has 0 saturated carbocycles. The number of hydrogen-bond donors (Lipinski definition) is 1. The topological polar surface area (TPSA) is 41.5 Å². The summed E-state index contributed by atoms with van der Waals surface area (Å²) in [6, 6.07) is 0. The maximum Gasteiger partial charge on any atom is 0.217 e. The molecule has 0 spiro atoms. The quantitative estimate of drug-likeness (QED) is 0.101. The normalized spacial score (nSPS) is 20.2. The van der Waals surface area contributed by atoms with Crippen molar-refractivity contribution in [1.29, 1.82) is 0 Å². The smallest absolute Gasteiger partial charge is 0.217 e. The first-order valence-electron chi connectivity index (χ1n) is 14.4. The van der Waals surface area contributed by atoms with Crippen LogP contribution in [0.5, 0.6) is 0 Å². The molecule has 0 bridgehead atoms.